The van der Waals surface area contributed by atoms with Crippen molar-refractivity contribution in [3.63, 3.8) is 0 Å². The molecule has 23 aliphatic rings. The van der Waals surface area contributed by atoms with Crippen LogP contribution < -0.4 is 5.32 Å². The van der Waals surface area contributed by atoms with E-state index in [1.165, 1.54) is 215 Å². The molecular weight excluding hydrogens is 1050 g/mol. The van der Waals surface area contributed by atoms with Gasteiger partial charge in [-0.25, -0.2) is 0 Å². The highest BCUT2D eigenvalue weighted by atomic mass is 28.3. The number of hydrogen-bond donors (Lipinski definition) is 1. The van der Waals surface area contributed by atoms with E-state index in [0.717, 1.165) is 125 Å². The smallest absolute Gasteiger partial charge is 0.0599 e. The molecule has 17 atom stereocenters. The molecule has 498 valence electrons. The predicted octanol–water partition coefficient (Wildman–Crippen LogP) is 23.9. The van der Waals surface area contributed by atoms with Crippen molar-refractivity contribution >= 4 is 8.07 Å². The van der Waals surface area contributed by atoms with Crippen molar-refractivity contribution in [2.45, 2.75) is 335 Å². The Bertz CT molecular complexity index is 2210. The van der Waals surface area contributed by atoms with E-state index in [1.54, 1.807) is 6.42 Å². The van der Waals surface area contributed by atoms with Crippen LogP contribution in [0.1, 0.15) is 303 Å². The lowest BCUT2D eigenvalue weighted by Crippen LogP contribution is -3.04. The number of nitrogens with one attached hydrogen (secondary N) is 1. The third kappa shape index (κ3) is 14.1. The Hall–Kier alpha value is 0.137. The molecule has 1 N–H and O–H groups in total. The molecular formula is C83H152N2Si. The highest BCUT2D eigenvalue weighted by Gasteiger charge is 3.02. The van der Waals surface area contributed by atoms with Crippen LogP contribution in [0, 0.1) is 176 Å². The summed E-state index contributed by atoms with van der Waals surface area (Å²) in [5.74, 6) is 25.3. The summed E-state index contributed by atoms with van der Waals surface area (Å²) in [6, 6.07) is 1.03. The lowest BCUT2D eigenvalue weighted by molar-refractivity contribution is -0.609. The number of rotatable bonds is 4. The van der Waals surface area contributed by atoms with E-state index in [2.05, 4.69) is 141 Å². The highest BCUT2D eigenvalue weighted by molar-refractivity contribution is 6.76. The Morgan fingerprint density at radius 3 is 1.49 bits per heavy atom. The lowest BCUT2D eigenvalue weighted by Gasteiger charge is -3.07. The van der Waals surface area contributed by atoms with E-state index in [1.807, 2.05) is 6.92 Å². The fraction of sp³-hybridized carbons (Fsp3) is 1.00. The summed E-state index contributed by atoms with van der Waals surface area (Å²) in [5.41, 5.74) is 2.09. The third-order valence-electron chi connectivity index (χ3n) is 31.2. The zero-order valence-electron chi connectivity index (χ0n) is 65.3. The minimum atomic E-state index is -0.631. The van der Waals surface area contributed by atoms with Crippen molar-refractivity contribution in [3.8, 4) is 0 Å². The molecule has 3 heteroatoms. The first-order chi connectivity index (χ1) is 42.0. The summed E-state index contributed by atoms with van der Waals surface area (Å²) < 4.78 is 33.4. The van der Waals surface area contributed by atoms with Crippen LogP contribution in [-0.2, 0) is 0 Å². The maximum absolute atomic E-state index is 8.83. The van der Waals surface area contributed by atoms with Gasteiger partial charge < -0.3 is 0 Å². The maximum atomic E-state index is 8.83. The number of fused-ring (bicyclic) bond motifs is 6. The number of nitrogens with zero attached hydrogens (tertiary/aromatic N) is 1. The van der Waals surface area contributed by atoms with Gasteiger partial charge in [-0.3, -0.25) is 10.2 Å². The van der Waals surface area contributed by atoms with Crippen molar-refractivity contribution < 1.29 is 5.48 Å². The zero-order chi connectivity index (χ0) is 65.6. The fourth-order valence-electron chi connectivity index (χ4n) is 24.3. The molecule has 21 aliphatic carbocycles. The second kappa shape index (κ2) is 28.2. The van der Waals surface area contributed by atoms with Gasteiger partial charge in [0.25, 0.3) is 0 Å². The summed E-state index contributed by atoms with van der Waals surface area (Å²) in [4.78, 5) is 2.52. The Labute approximate surface area is 545 Å². The zero-order valence-corrected chi connectivity index (χ0v) is 62.3. The molecule has 13 unspecified atom stereocenters. The quantitative estimate of drug-likeness (QED) is 0.282. The molecule has 86 heavy (non-hydrogen) atoms. The molecule has 0 aromatic carbocycles. The molecule has 0 radical (unpaired) electrons. The van der Waals surface area contributed by atoms with Crippen molar-refractivity contribution in [3.05, 3.63) is 0 Å². The molecule has 21 saturated carbocycles. The van der Waals surface area contributed by atoms with Gasteiger partial charge >= 0.3 is 0 Å². The second-order valence-corrected chi connectivity index (χ2v) is 44.4. The van der Waals surface area contributed by atoms with E-state index >= 15 is 0 Å². The number of hydrogen-bond acceptors (Lipinski definition) is 2. The van der Waals surface area contributed by atoms with Gasteiger partial charge in [-0.1, -0.05) is 201 Å². The van der Waals surface area contributed by atoms with Crippen LogP contribution in [0.25, 0.3) is 0 Å². The van der Waals surface area contributed by atoms with E-state index < -0.39 is 8.07 Å². The van der Waals surface area contributed by atoms with Gasteiger partial charge in [-0.2, -0.15) is 0 Å². The molecule has 23 fully saturated rings. The average Bonchev–Trinajstić information content (AvgIpc) is 0.569. The van der Waals surface area contributed by atoms with Gasteiger partial charge in [0, 0.05) is 26.1 Å². The van der Waals surface area contributed by atoms with Crippen molar-refractivity contribution in [2.75, 3.05) is 13.1 Å². The third-order valence-corrected chi connectivity index (χ3v) is 33.3. The van der Waals surface area contributed by atoms with Crippen molar-refractivity contribution in [1.29, 1.82) is 0 Å². The minimum absolute atomic E-state index is 0.0460. The van der Waals surface area contributed by atoms with Gasteiger partial charge in [0.2, 0.25) is 0 Å². The normalized spacial score (nSPS) is 53.0. The van der Waals surface area contributed by atoms with Crippen LogP contribution in [0.5, 0.6) is 0 Å². The molecule has 2 heterocycles. The fourth-order valence-corrected chi connectivity index (χ4v) is 24.3. The minimum Gasteiger partial charge on any atom is -0.299 e. The Kier molecular flexibility index (Phi) is 20.8. The molecule has 12 bridgehead atoms. The molecule has 0 aromatic rings. The predicted molar refractivity (Wildman–Crippen MR) is 378 cm³/mol. The van der Waals surface area contributed by atoms with Crippen molar-refractivity contribution in [1.82, 2.24) is 10.2 Å². The molecule has 0 spiro atoms. The summed E-state index contributed by atoms with van der Waals surface area (Å²) >= 11 is 0. The second-order valence-electron chi connectivity index (χ2n) is 38.6. The molecule has 0 aromatic heterocycles. The Balaban J connectivity index is 0.000000115. The van der Waals surface area contributed by atoms with Crippen molar-refractivity contribution in [2.24, 2.45) is 176 Å². The summed E-state index contributed by atoms with van der Waals surface area (Å²) in [7, 11) is -0.631. The Morgan fingerprint density at radius 1 is 0.488 bits per heavy atom. The Morgan fingerprint density at radius 2 is 1.00 bits per heavy atom. The van der Waals surface area contributed by atoms with Crippen LogP contribution in [0.3, 0.4) is 0 Å². The first kappa shape index (κ1) is 63.5. The van der Waals surface area contributed by atoms with Gasteiger partial charge in [-0.15, -0.1) is 0 Å². The van der Waals surface area contributed by atoms with Crippen LogP contribution in [0.15, 0.2) is 0 Å². The van der Waals surface area contributed by atoms with Crippen LogP contribution in [-0.4, -0.2) is 38.2 Å². The van der Waals surface area contributed by atoms with E-state index in [4.69, 9.17) is 5.48 Å². The van der Waals surface area contributed by atoms with Crippen LogP contribution in [0.4, 0.5) is 0 Å². The van der Waals surface area contributed by atoms with E-state index in [0.29, 0.717) is 17.0 Å². The van der Waals surface area contributed by atoms with E-state index in [9.17, 15) is 0 Å². The molecule has 23 rings (SSSR count). The van der Waals surface area contributed by atoms with Gasteiger partial charge in [0.15, 0.2) is 0 Å². The standard InChI is InChI=1S/C15H22.C15H26.C11H18.C10H20N2.C9H10.C7H16.C6H14.C5H14Si.C5H12/c1-7-9-5-11-10-2-8-3-13(11)15(7)14(4-8)12(10)6-9;1-11-6-7-13-9-8-12-4-2-3-5-14(12)15(13)10-11;1-7-4-10-5-9-3-2-8(10)6-11(7)9;1-9-6-8-12-7-4-2-3-5-10(12)11-9;1-9-6-3-2-4(6)8(9)5(2)7(3)9;1-5-7(3,4)6-2;2*1-5-6(2,3)4;1-4-5(2)3/h7-15H,2-6H2,1H3;11-15H,2-10H2,1H3;7-11H,2-6H2,1H3;9-11H,2-8H2,1H3;2-8H,1H3;5-6H2,1-4H3;2*5H2,1-4H3;5H,4H2,1-3H3/t7-,8?,9?,10?,11?,12?,13?,14?,15?;11-,12?,13?,14?,15?;7-,8?,9?,10?,11?;9-,10?;;;;;/m0101...../s1/i7D;11D;7D;9D;;;;;. The molecule has 0 amide bonds. The topological polar surface area (TPSA) is 15.3 Å². The lowest BCUT2D eigenvalue weighted by atomic mass is 8.97. The first-order valence-electron chi connectivity index (χ1n) is 41.6. The highest BCUT2D eigenvalue weighted by Crippen LogP contribution is 3.05. The molecule has 2 nitrogen and oxygen atoms in total. The largest absolute Gasteiger partial charge is 0.299 e. The summed E-state index contributed by atoms with van der Waals surface area (Å²) in [6.45, 7) is 47.6. The summed E-state index contributed by atoms with van der Waals surface area (Å²) in [6.07, 6.45) is 39.0. The summed E-state index contributed by atoms with van der Waals surface area (Å²) in [5, 5.41) is 3.43. The van der Waals surface area contributed by atoms with Crippen LogP contribution in [0.2, 0.25) is 25.7 Å². The van der Waals surface area contributed by atoms with Gasteiger partial charge in [-0.05, 0) is 305 Å². The monoisotopic (exact) mass is 1210 g/mol. The van der Waals surface area contributed by atoms with Gasteiger partial charge in [0.1, 0.15) is 0 Å². The first-order valence-corrected chi connectivity index (χ1v) is 43.3. The van der Waals surface area contributed by atoms with Gasteiger partial charge in [0.05, 0.1) is 6.17 Å². The SMILES string of the molecule is CC12C3C4C5C3C1C5C42.CCC(C)(C)C.CCC(C)(C)CC.CCC(C)C.CC[Si](C)(C)C.[2H][C@@]1(C)CCC2CCC3CCCCC3C2C1.[2H][C@@]1(C)CCN2CCCCCC2N1.[2H][C@]1(C)C2CC3C4CC5CC3C1C(C5)C4C2.[2H][C@]1(C)CC2CC3CCC2CC31. The molecule has 2 saturated heterocycles. The van der Waals surface area contributed by atoms with E-state index in [-0.39, 0.29) is 23.7 Å². The maximum Gasteiger partial charge on any atom is 0.0599 e. The van der Waals surface area contributed by atoms with Crippen LogP contribution >= 0.6 is 0 Å². The average molecular weight is 1210 g/mol. The molecule has 2 aliphatic heterocycles.